The van der Waals surface area contributed by atoms with Crippen molar-refractivity contribution in [2.75, 3.05) is 11.9 Å². The van der Waals surface area contributed by atoms with Gasteiger partial charge < -0.3 is 14.6 Å². The maximum atomic E-state index is 12.7. The molecule has 7 heteroatoms. The van der Waals surface area contributed by atoms with Gasteiger partial charge in [0.2, 0.25) is 11.8 Å². The molecule has 2 heterocycles. The SMILES string of the molecule is O=C(Nc1ccc(Cl)c(Cl)c1)C1CCCCN1C(=O)CCc1ccco1. The molecule has 0 radical (unpaired) electrons. The van der Waals surface area contributed by atoms with Gasteiger partial charge in [-0.15, -0.1) is 0 Å². The van der Waals surface area contributed by atoms with Crippen molar-refractivity contribution in [1.82, 2.24) is 4.90 Å². The van der Waals surface area contributed by atoms with Gasteiger partial charge in [-0.1, -0.05) is 23.2 Å². The average molecular weight is 395 g/mol. The van der Waals surface area contributed by atoms with Crippen LogP contribution in [0, 0.1) is 0 Å². The monoisotopic (exact) mass is 394 g/mol. The third-order valence-corrected chi connectivity index (χ3v) is 5.22. The molecule has 5 nitrogen and oxygen atoms in total. The van der Waals surface area contributed by atoms with E-state index in [4.69, 9.17) is 27.6 Å². The molecule has 138 valence electrons. The summed E-state index contributed by atoms with van der Waals surface area (Å²) in [4.78, 5) is 27.0. The van der Waals surface area contributed by atoms with Crippen molar-refractivity contribution < 1.29 is 14.0 Å². The van der Waals surface area contributed by atoms with Crippen molar-refractivity contribution in [3.8, 4) is 0 Å². The van der Waals surface area contributed by atoms with Crippen LogP contribution in [0.25, 0.3) is 0 Å². The van der Waals surface area contributed by atoms with Crippen molar-refractivity contribution in [3.05, 3.63) is 52.4 Å². The number of amides is 2. The molecule has 0 aliphatic carbocycles. The second-order valence-electron chi connectivity index (χ2n) is 6.30. The van der Waals surface area contributed by atoms with E-state index in [1.165, 1.54) is 0 Å². The first-order valence-corrected chi connectivity index (χ1v) is 9.38. The lowest BCUT2D eigenvalue weighted by Crippen LogP contribution is -2.50. The van der Waals surface area contributed by atoms with Gasteiger partial charge >= 0.3 is 0 Å². The van der Waals surface area contributed by atoms with Crippen LogP contribution in [0.4, 0.5) is 5.69 Å². The van der Waals surface area contributed by atoms with Crippen LogP contribution in [0.1, 0.15) is 31.4 Å². The fourth-order valence-electron chi connectivity index (χ4n) is 3.13. The molecule has 0 saturated carbocycles. The number of anilines is 1. The average Bonchev–Trinajstić information content (AvgIpc) is 3.16. The predicted octanol–water partition coefficient (Wildman–Crippen LogP) is 4.54. The van der Waals surface area contributed by atoms with Crippen molar-refractivity contribution in [2.24, 2.45) is 0 Å². The lowest BCUT2D eigenvalue weighted by molar-refractivity contribution is -0.140. The first-order valence-electron chi connectivity index (χ1n) is 8.62. The Labute approximate surface area is 162 Å². The highest BCUT2D eigenvalue weighted by Gasteiger charge is 2.32. The molecule has 0 bridgehead atoms. The first kappa shape index (κ1) is 18.8. The van der Waals surface area contributed by atoms with Gasteiger partial charge in [0.05, 0.1) is 16.3 Å². The Balaban J connectivity index is 1.64. The van der Waals surface area contributed by atoms with E-state index in [1.54, 1.807) is 35.4 Å². The molecule has 1 aliphatic heterocycles. The number of nitrogens with zero attached hydrogens (tertiary/aromatic N) is 1. The van der Waals surface area contributed by atoms with E-state index in [-0.39, 0.29) is 11.8 Å². The number of furan rings is 1. The van der Waals surface area contributed by atoms with E-state index in [2.05, 4.69) is 5.32 Å². The fourth-order valence-corrected chi connectivity index (χ4v) is 3.43. The molecule has 1 fully saturated rings. The minimum atomic E-state index is -0.470. The zero-order valence-electron chi connectivity index (χ0n) is 14.2. The summed E-state index contributed by atoms with van der Waals surface area (Å²) in [6.45, 7) is 0.594. The lowest BCUT2D eigenvalue weighted by atomic mass is 10.0. The molecule has 1 aromatic heterocycles. The number of rotatable bonds is 5. The molecule has 2 aromatic rings. The van der Waals surface area contributed by atoms with Crippen LogP contribution < -0.4 is 5.32 Å². The Hall–Kier alpha value is -1.98. The summed E-state index contributed by atoms with van der Waals surface area (Å²) in [6.07, 6.45) is 4.92. The van der Waals surface area contributed by atoms with Crippen molar-refractivity contribution >= 4 is 40.7 Å². The zero-order chi connectivity index (χ0) is 18.5. The number of carbonyl (C=O) groups excluding carboxylic acids is 2. The molecule has 1 saturated heterocycles. The number of hydrogen-bond donors (Lipinski definition) is 1. The van der Waals surface area contributed by atoms with Crippen LogP contribution in [0.5, 0.6) is 0 Å². The number of carbonyl (C=O) groups is 2. The summed E-state index contributed by atoms with van der Waals surface area (Å²) in [6, 6.07) is 8.10. The topological polar surface area (TPSA) is 62.6 Å². The van der Waals surface area contributed by atoms with Gasteiger partial charge in [0, 0.05) is 25.1 Å². The number of likely N-dealkylation sites (tertiary alicyclic amines) is 1. The Bertz CT molecular complexity index is 777. The van der Waals surface area contributed by atoms with Crippen molar-refractivity contribution in [3.63, 3.8) is 0 Å². The first-order chi connectivity index (χ1) is 12.5. The van der Waals surface area contributed by atoms with Gasteiger partial charge in [-0.3, -0.25) is 9.59 Å². The minimum absolute atomic E-state index is 0.0320. The molecule has 1 aliphatic rings. The third-order valence-electron chi connectivity index (χ3n) is 4.48. The molecular formula is C19H20Cl2N2O3. The van der Waals surface area contributed by atoms with Gasteiger partial charge in [0.1, 0.15) is 11.8 Å². The number of nitrogens with one attached hydrogen (secondary N) is 1. The number of piperidine rings is 1. The van der Waals surface area contributed by atoms with Crippen LogP contribution >= 0.6 is 23.2 Å². The van der Waals surface area contributed by atoms with E-state index < -0.39 is 6.04 Å². The van der Waals surface area contributed by atoms with Crippen LogP contribution in [-0.2, 0) is 16.0 Å². The summed E-state index contributed by atoms with van der Waals surface area (Å²) < 4.78 is 5.27. The van der Waals surface area contributed by atoms with Crippen molar-refractivity contribution in [2.45, 2.75) is 38.1 Å². The minimum Gasteiger partial charge on any atom is -0.469 e. The molecule has 3 rings (SSSR count). The van der Waals surface area contributed by atoms with E-state index in [1.807, 2.05) is 6.07 Å². The Kier molecular flexibility index (Phi) is 6.22. The predicted molar refractivity (Wildman–Crippen MR) is 101 cm³/mol. The van der Waals surface area contributed by atoms with Crippen LogP contribution in [0.2, 0.25) is 10.0 Å². The summed E-state index contributed by atoms with van der Waals surface area (Å²) in [7, 11) is 0. The Morgan fingerprint density at radius 3 is 2.77 bits per heavy atom. The van der Waals surface area contributed by atoms with Crippen molar-refractivity contribution in [1.29, 1.82) is 0 Å². The molecule has 1 aromatic carbocycles. The maximum Gasteiger partial charge on any atom is 0.247 e. The van der Waals surface area contributed by atoms with Crippen LogP contribution in [0.3, 0.4) is 0 Å². The van der Waals surface area contributed by atoms with Gasteiger partial charge in [-0.2, -0.15) is 0 Å². The van der Waals surface area contributed by atoms with E-state index in [9.17, 15) is 9.59 Å². The number of aryl methyl sites for hydroxylation is 1. The number of benzene rings is 1. The van der Waals surface area contributed by atoms with Gasteiger partial charge in [0.15, 0.2) is 0 Å². The molecule has 1 unspecified atom stereocenters. The second kappa shape index (κ2) is 8.60. The van der Waals surface area contributed by atoms with Crippen LogP contribution in [0.15, 0.2) is 41.0 Å². The van der Waals surface area contributed by atoms with E-state index in [0.717, 1.165) is 18.6 Å². The van der Waals surface area contributed by atoms with E-state index in [0.29, 0.717) is 41.5 Å². The fraction of sp³-hybridized carbons (Fsp3) is 0.368. The molecule has 1 N–H and O–H groups in total. The second-order valence-corrected chi connectivity index (χ2v) is 7.11. The Morgan fingerprint density at radius 2 is 2.04 bits per heavy atom. The van der Waals surface area contributed by atoms with Gasteiger partial charge in [-0.05, 0) is 49.6 Å². The van der Waals surface area contributed by atoms with Gasteiger partial charge in [-0.25, -0.2) is 0 Å². The van der Waals surface area contributed by atoms with Gasteiger partial charge in [0.25, 0.3) is 0 Å². The standard InChI is InChI=1S/C19H20Cl2N2O3/c20-15-8-6-13(12-16(15)21)22-19(25)17-5-1-2-10-23(17)18(24)9-7-14-4-3-11-26-14/h3-4,6,8,11-12,17H,1-2,5,7,9-10H2,(H,22,25). The maximum absolute atomic E-state index is 12.7. The molecular weight excluding hydrogens is 375 g/mol. The molecule has 0 spiro atoms. The summed E-state index contributed by atoms with van der Waals surface area (Å²) in [5.74, 6) is 0.539. The van der Waals surface area contributed by atoms with E-state index >= 15 is 0 Å². The Morgan fingerprint density at radius 1 is 1.19 bits per heavy atom. The zero-order valence-corrected chi connectivity index (χ0v) is 15.7. The number of hydrogen-bond acceptors (Lipinski definition) is 3. The highest BCUT2D eigenvalue weighted by Crippen LogP contribution is 2.26. The smallest absolute Gasteiger partial charge is 0.247 e. The summed E-state index contributed by atoms with van der Waals surface area (Å²) in [5.41, 5.74) is 0.568. The highest BCUT2D eigenvalue weighted by molar-refractivity contribution is 6.42. The number of halogens is 2. The lowest BCUT2D eigenvalue weighted by Gasteiger charge is -2.34. The largest absolute Gasteiger partial charge is 0.469 e. The molecule has 26 heavy (non-hydrogen) atoms. The highest BCUT2D eigenvalue weighted by atomic mass is 35.5. The normalized spacial score (nSPS) is 17.2. The summed E-state index contributed by atoms with van der Waals surface area (Å²) in [5, 5.41) is 3.64. The quantitative estimate of drug-likeness (QED) is 0.809. The molecule has 2 amide bonds. The summed E-state index contributed by atoms with van der Waals surface area (Å²) >= 11 is 11.9. The molecule has 1 atom stereocenters. The third kappa shape index (κ3) is 4.59. The van der Waals surface area contributed by atoms with Crippen LogP contribution in [-0.4, -0.2) is 29.3 Å².